The van der Waals surface area contributed by atoms with Gasteiger partial charge in [-0.2, -0.15) is 0 Å². The molecule has 17 heavy (non-hydrogen) atoms. The summed E-state index contributed by atoms with van der Waals surface area (Å²) in [4.78, 5) is 14.1. The Balaban J connectivity index is 3.26. The van der Waals surface area contributed by atoms with E-state index in [0.717, 1.165) is 7.11 Å². The number of carboxylic acids is 1. The van der Waals surface area contributed by atoms with Crippen molar-refractivity contribution in [2.24, 2.45) is 0 Å². The molecule has 1 aromatic heterocycles. The lowest BCUT2D eigenvalue weighted by atomic mass is 10.2. The number of carbonyl (C=O) groups is 1. The van der Waals surface area contributed by atoms with Crippen LogP contribution < -0.4 is 9.47 Å². The first kappa shape index (κ1) is 13.1. The summed E-state index contributed by atoms with van der Waals surface area (Å²) in [6, 6.07) is 0. The van der Waals surface area contributed by atoms with Crippen LogP contribution in [-0.4, -0.2) is 29.5 Å². The second-order valence-corrected chi connectivity index (χ2v) is 2.98. The van der Waals surface area contributed by atoms with E-state index in [0.29, 0.717) is 6.20 Å². The van der Waals surface area contributed by atoms with Crippen LogP contribution in [0, 0.1) is 6.92 Å². The molecule has 1 rings (SSSR count). The Bertz CT molecular complexity index is 445. The average molecular weight is 251 g/mol. The molecule has 0 saturated carbocycles. The lowest BCUT2D eigenvalue weighted by Crippen LogP contribution is -2.18. The number of methoxy groups -OCH3 is 1. The Hall–Kier alpha value is -1.99. The van der Waals surface area contributed by atoms with Crippen LogP contribution in [0.25, 0.3) is 0 Å². The molecule has 94 valence electrons. The van der Waals surface area contributed by atoms with Crippen LogP contribution >= 0.6 is 0 Å². The molecule has 1 heterocycles. The molecule has 1 aromatic rings. The Morgan fingerprint density at radius 2 is 2.06 bits per heavy atom. The minimum atomic E-state index is -4.90. The van der Waals surface area contributed by atoms with Gasteiger partial charge in [0.2, 0.25) is 0 Å². The van der Waals surface area contributed by atoms with Gasteiger partial charge in [0.25, 0.3) is 0 Å². The van der Waals surface area contributed by atoms with Crippen molar-refractivity contribution in [3.63, 3.8) is 0 Å². The predicted molar refractivity (Wildman–Crippen MR) is 49.2 cm³/mol. The highest BCUT2D eigenvalue weighted by atomic mass is 19.4. The third kappa shape index (κ3) is 2.99. The first-order valence-electron chi connectivity index (χ1n) is 4.29. The summed E-state index contributed by atoms with van der Waals surface area (Å²) in [7, 11) is 1.11. The van der Waals surface area contributed by atoms with E-state index in [-0.39, 0.29) is 11.3 Å². The Morgan fingerprint density at radius 1 is 1.47 bits per heavy atom. The van der Waals surface area contributed by atoms with E-state index in [4.69, 9.17) is 5.11 Å². The van der Waals surface area contributed by atoms with E-state index in [1.165, 1.54) is 6.92 Å². The second kappa shape index (κ2) is 4.48. The van der Waals surface area contributed by atoms with Crippen molar-refractivity contribution in [3.05, 3.63) is 17.5 Å². The smallest absolute Gasteiger partial charge is 0.492 e. The lowest BCUT2D eigenvalue weighted by molar-refractivity contribution is -0.275. The van der Waals surface area contributed by atoms with E-state index in [1.54, 1.807) is 0 Å². The van der Waals surface area contributed by atoms with Crippen LogP contribution in [0.2, 0.25) is 0 Å². The third-order valence-corrected chi connectivity index (χ3v) is 1.86. The first-order chi connectivity index (χ1) is 7.76. The highest BCUT2D eigenvalue weighted by molar-refractivity contribution is 5.88. The highest BCUT2D eigenvalue weighted by Gasteiger charge is 2.33. The molecular weight excluding hydrogens is 243 g/mol. The van der Waals surface area contributed by atoms with Crippen molar-refractivity contribution >= 4 is 5.97 Å². The highest BCUT2D eigenvalue weighted by Crippen LogP contribution is 2.35. The molecule has 0 fully saturated rings. The molecule has 0 aliphatic heterocycles. The van der Waals surface area contributed by atoms with Crippen LogP contribution in [0.15, 0.2) is 6.20 Å². The molecule has 0 aliphatic carbocycles. The number of rotatable bonds is 3. The summed E-state index contributed by atoms with van der Waals surface area (Å²) in [5.74, 6) is -2.35. The molecule has 5 nitrogen and oxygen atoms in total. The van der Waals surface area contributed by atoms with Crippen LogP contribution in [-0.2, 0) is 0 Å². The number of hydrogen-bond donors (Lipinski definition) is 1. The van der Waals surface area contributed by atoms with Gasteiger partial charge in [0.1, 0.15) is 0 Å². The topological polar surface area (TPSA) is 68.7 Å². The number of aromatic carboxylic acids is 1. The van der Waals surface area contributed by atoms with Gasteiger partial charge in [-0.05, 0) is 6.92 Å². The summed E-state index contributed by atoms with van der Waals surface area (Å²) in [5, 5.41) is 8.73. The zero-order chi connectivity index (χ0) is 13.2. The molecule has 0 atom stereocenters. The summed E-state index contributed by atoms with van der Waals surface area (Å²) in [6.07, 6.45) is -4.24. The molecule has 0 amide bonds. The number of aromatic nitrogens is 1. The fourth-order valence-electron chi connectivity index (χ4n) is 1.24. The maximum atomic E-state index is 12.0. The van der Waals surface area contributed by atoms with Crippen LogP contribution in [0.1, 0.15) is 16.1 Å². The number of ether oxygens (including phenoxy) is 2. The van der Waals surface area contributed by atoms with E-state index in [2.05, 4.69) is 14.5 Å². The maximum absolute atomic E-state index is 12.0. The number of alkyl halides is 3. The molecule has 0 aromatic carbocycles. The van der Waals surface area contributed by atoms with E-state index < -0.39 is 23.8 Å². The predicted octanol–water partition coefficient (Wildman–Crippen LogP) is 2.00. The van der Waals surface area contributed by atoms with E-state index >= 15 is 0 Å². The summed E-state index contributed by atoms with van der Waals surface area (Å²) >= 11 is 0. The second-order valence-electron chi connectivity index (χ2n) is 2.98. The van der Waals surface area contributed by atoms with Gasteiger partial charge in [-0.3, -0.25) is 0 Å². The van der Waals surface area contributed by atoms with Gasteiger partial charge in [0, 0.05) is 5.56 Å². The zero-order valence-corrected chi connectivity index (χ0v) is 8.83. The molecule has 0 spiro atoms. The van der Waals surface area contributed by atoms with Gasteiger partial charge >= 0.3 is 12.3 Å². The van der Waals surface area contributed by atoms with Crippen molar-refractivity contribution in [3.8, 4) is 11.5 Å². The minimum Gasteiger partial charge on any atom is -0.492 e. The Labute approximate surface area is 93.8 Å². The molecule has 0 aliphatic rings. The number of pyridine rings is 1. The standard InChI is InChI=1S/C9H8F3NO4/c1-4-6(8(14)15)13-3-5(7(4)16-2)17-9(10,11)12/h3H,1-2H3,(H,14,15). The minimum absolute atomic E-state index is 0.0400. The zero-order valence-electron chi connectivity index (χ0n) is 8.83. The SMILES string of the molecule is COc1c(OC(F)(F)F)cnc(C(=O)O)c1C. The van der Waals surface area contributed by atoms with E-state index in [1.807, 2.05) is 0 Å². The fourth-order valence-corrected chi connectivity index (χ4v) is 1.24. The number of carboxylic acid groups (broad SMARTS) is 1. The first-order valence-corrected chi connectivity index (χ1v) is 4.29. The van der Waals surface area contributed by atoms with Crippen molar-refractivity contribution in [1.82, 2.24) is 4.98 Å². The van der Waals surface area contributed by atoms with Gasteiger partial charge in [0.05, 0.1) is 13.3 Å². The molecule has 8 heteroatoms. The van der Waals surface area contributed by atoms with Crippen molar-refractivity contribution < 1.29 is 32.5 Å². The van der Waals surface area contributed by atoms with Crippen LogP contribution in [0.4, 0.5) is 13.2 Å². The third-order valence-electron chi connectivity index (χ3n) is 1.86. The van der Waals surface area contributed by atoms with Gasteiger partial charge in [-0.1, -0.05) is 0 Å². The Morgan fingerprint density at radius 3 is 2.47 bits per heavy atom. The number of halogens is 3. The monoisotopic (exact) mass is 251 g/mol. The Kier molecular flexibility index (Phi) is 3.45. The number of nitrogens with zero attached hydrogens (tertiary/aromatic N) is 1. The summed E-state index contributed by atoms with van der Waals surface area (Å²) in [6.45, 7) is 1.28. The molecule has 1 N–H and O–H groups in total. The largest absolute Gasteiger partial charge is 0.573 e. The average Bonchev–Trinajstić information content (AvgIpc) is 2.15. The van der Waals surface area contributed by atoms with Crippen LogP contribution in [0.3, 0.4) is 0 Å². The molecule has 0 saturated heterocycles. The van der Waals surface area contributed by atoms with E-state index in [9.17, 15) is 18.0 Å². The summed E-state index contributed by atoms with van der Waals surface area (Å²) in [5.41, 5.74) is -0.432. The van der Waals surface area contributed by atoms with Crippen LogP contribution in [0.5, 0.6) is 11.5 Å². The number of hydrogen-bond acceptors (Lipinski definition) is 4. The van der Waals surface area contributed by atoms with Gasteiger partial charge in [0.15, 0.2) is 17.2 Å². The quantitative estimate of drug-likeness (QED) is 0.889. The molecule has 0 radical (unpaired) electrons. The normalized spacial score (nSPS) is 11.1. The van der Waals surface area contributed by atoms with Crippen molar-refractivity contribution in [2.75, 3.05) is 7.11 Å². The van der Waals surface area contributed by atoms with Gasteiger partial charge in [-0.25, -0.2) is 9.78 Å². The maximum Gasteiger partial charge on any atom is 0.573 e. The molecule has 0 unspecified atom stereocenters. The van der Waals surface area contributed by atoms with Gasteiger partial charge < -0.3 is 14.6 Å². The molecular formula is C9H8F3NO4. The van der Waals surface area contributed by atoms with Crippen molar-refractivity contribution in [2.45, 2.75) is 13.3 Å². The molecule has 0 bridgehead atoms. The van der Waals surface area contributed by atoms with Crippen molar-refractivity contribution in [1.29, 1.82) is 0 Å². The summed E-state index contributed by atoms with van der Waals surface area (Å²) < 4.78 is 44.4. The van der Waals surface area contributed by atoms with Gasteiger partial charge in [-0.15, -0.1) is 13.2 Å². The lowest BCUT2D eigenvalue weighted by Gasteiger charge is -2.14. The fraction of sp³-hybridized carbons (Fsp3) is 0.333.